The average molecular weight is 619 g/mol. The Balaban J connectivity index is 1.58. The second-order valence-corrected chi connectivity index (χ2v) is 9.44. The van der Waals surface area contributed by atoms with Crippen LogP contribution in [0.1, 0.15) is 31.2 Å². The summed E-state index contributed by atoms with van der Waals surface area (Å²) < 4.78 is 7.70. The van der Waals surface area contributed by atoms with Crippen LogP contribution in [0.25, 0.3) is 0 Å². The van der Waals surface area contributed by atoms with Gasteiger partial charge in [-0.15, -0.1) is 0 Å². The fourth-order valence-corrected chi connectivity index (χ4v) is 5.68. The van der Waals surface area contributed by atoms with Gasteiger partial charge in [0, 0.05) is 35.3 Å². The maximum absolute atomic E-state index is 5.52. The molecule has 1 N–H and O–H groups in total. The summed E-state index contributed by atoms with van der Waals surface area (Å²) in [5.41, 5.74) is 3.91. The van der Waals surface area contributed by atoms with Crippen molar-refractivity contribution in [1.82, 2.24) is 15.0 Å². The Hall–Kier alpha value is -1.44. The molecule has 0 saturated carbocycles. The van der Waals surface area contributed by atoms with E-state index in [1.54, 1.807) is 13.3 Å². The quantitative estimate of drug-likeness (QED) is 0.300. The van der Waals surface area contributed by atoms with E-state index < -0.39 is 0 Å². The SMILES string of the molecule is COc1c(I)cc(I)cc1/C=N/Nc1nc(N2CCCC2)nc(N2CCCC2)n1. The van der Waals surface area contributed by atoms with Gasteiger partial charge in [-0.25, -0.2) is 5.43 Å². The van der Waals surface area contributed by atoms with Gasteiger partial charge in [0.1, 0.15) is 5.75 Å². The summed E-state index contributed by atoms with van der Waals surface area (Å²) in [7, 11) is 1.67. The fraction of sp³-hybridized carbons (Fsp3) is 0.474. The summed E-state index contributed by atoms with van der Waals surface area (Å²) in [6.07, 6.45) is 6.46. The molecule has 2 fully saturated rings. The number of halogens is 2. The zero-order valence-electron chi connectivity index (χ0n) is 16.2. The molecule has 1 aromatic heterocycles. The maximum Gasteiger partial charge on any atom is 0.250 e. The minimum absolute atomic E-state index is 0.472. The van der Waals surface area contributed by atoms with E-state index >= 15 is 0 Å². The second-order valence-electron chi connectivity index (χ2n) is 7.03. The molecule has 154 valence electrons. The topological polar surface area (TPSA) is 78.8 Å². The van der Waals surface area contributed by atoms with Crippen LogP contribution >= 0.6 is 45.2 Å². The van der Waals surface area contributed by atoms with E-state index in [0.29, 0.717) is 5.95 Å². The maximum atomic E-state index is 5.52. The largest absolute Gasteiger partial charge is 0.495 e. The number of hydrazone groups is 1. The predicted octanol–water partition coefficient (Wildman–Crippen LogP) is 3.74. The molecule has 2 aliphatic heterocycles. The third-order valence-corrected chi connectivity index (χ3v) is 6.42. The Morgan fingerprint density at radius 3 is 2.10 bits per heavy atom. The third kappa shape index (κ3) is 5.01. The highest BCUT2D eigenvalue weighted by Gasteiger charge is 2.21. The van der Waals surface area contributed by atoms with Gasteiger partial charge in [-0.3, -0.25) is 0 Å². The number of rotatable bonds is 6. The van der Waals surface area contributed by atoms with Gasteiger partial charge in [0.2, 0.25) is 17.8 Å². The van der Waals surface area contributed by atoms with Gasteiger partial charge in [-0.2, -0.15) is 20.1 Å². The third-order valence-electron chi connectivity index (χ3n) is 5.00. The van der Waals surface area contributed by atoms with E-state index in [1.807, 2.05) is 6.07 Å². The Morgan fingerprint density at radius 1 is 0.966 bits per heavy atom. The van der Waals surface area contributed by atoms with E-state index in [1.165, 1.54) is 25.7 Å². The van der Waals surface area contributed by atoms with E-state index in [0.717, 1.165) is 56.5 Å². The van der Waals surface area contributed by atoms with E-state index in [2.05, 4.69) is 81.5 Å². The molecule has 0 atom stereocenters. The number of nitrogens with one attached hydrogen (secondary N) is 1. The predicted molar refractivity (Wildman–Crippen MR) is 132 cm³/mol. The molecule has 0 radical (unpaired) electrons. The zero-order chi connectivity index (χ0) is 20.2. The normalized spacial score (nSPS) is 16.8. The first-order chi connectivity index (χ1) is 14.1. The van der Waals surface area contributed by atoms with Crippen molar-refractivity contribution in [3.05, 3.63) is 24.8 Å². The summed E-state index contributed by atoms with van der Waals surface area (Å²) >= 11 is 4.56. The van der Waals surface area contributed by atoms with Crippen LogP contribution < -0.4 is 20.0 Å². The van der Waals surface area contributed by atoms with Crippen molar-refractivity contribution in [2.75, 3.05) is 48.5 Å². The minimum atomic E-state index is 0.472. The average Bonchev–Trinajstić information content (AvgIpc) is 3.42. The van der Waals surface area contributed by atoms with Crippen LogP contribution in [0.2, 0.25) is 0 Å². The van der Waals surface area contributed by atoms with Crippen molar-refractivity contribution in [3.63, 3.8) is 0 Å². The van der Waals surface area contributed by atoms with Crippen LogP contribution in [0, 0.1) is 7.14 Å². The molecule has 8 nitrogen and oxygen atoms in total. The van der Waals surface area contributed by atoms with Crippen molar-refractivity contribution >= 4 is 69.2 Å². The summed E-state index contributed by atoms with van der Waals surface area (Å²) in [4.78, 5) is 18.4. The number of benzene rings is 1. The van der Waals surface area contributed by atoms with Crippen LogP contribution in [0.5, 0.6) is 5.75 Å². The van der Waals surface area contributed by atoms with Gasteiger partial charge >= 0.3 is 0 Å². The summed E-state index contributed by atoms with van der Waals surface area (Å²) in [6.45, 7) is 3.96. The second kappa shape index (κ2) is 9.58. The van der Waals surface area contributed by atoms with Gasteiger partial charge in [-0.05, 0) is 83.0 Å². The molecule has 10 heteroatoms. The minimum Gasteiger partial charge on any atom is -0.495 e. The van der Waals surface area contributed by atoms with E-state index in [4.69, 9.17) is 9.72 Å². The van der Waals surface area contributed by atoms with Crippen molar-refractivity contribution in [2.45, 2.75) is 25.7 Å². The van der Waals surface area contributed by atoms with Gasteiger partial charge < -0.3 is 14.5 Å². The van der Waals surface area contributed by atoms with Gasteiger partial charge in [0.05, 0.1) is 16.9 Å². The molecule has 0 spiro atoms. The molecule has 2 aromatic rings. The molecule has 2 saturated heterocycles. The summed E-state index contributed by atoms with van der Waals surface area (Å²) in [6, 6.07) is 4.10. The van der Waals surface area contributed by atoms with E-state index in [9.17, 15) is 0 Å². The van der Waals surface area contributed by atoms with Crippen molar-refractivity contribution in [1.29, 1.82) is 0 Å². The first kappa shape index (κ1) is 20.8. The molecule has 0 bridgehead atoms. The lowest BCUT2D eigenvalue weighted by molar-refractivity contribution is 0.411. The molecule has 0 aliphatic carbocycles. The first-order valence-electron chi connectivity index (χ1n) is 9.72. The fourth-order valence-electron chi connectivity index (χ4n) is 3.57. The van der Waals surface area contributed by atoms with Crippen LogP contribution in [0.3, 0.4) is 0 Å². The first-order valence-corrected chi connectivity index (χ1v) is 11.9. The monoisotopic (exact) mass is 619 g/mol. The highest BCUT2D eigenvalue weighted by molar-refractivity contribution is 14.1. The number of hydrogen-bond donors (Lipinski definition) is 1. The van der Waals surface area contributed by atoms with Crippen molar-refractivity contribution in [3.8, 4) is 5.75 Å². The molecule has 0 unspecified atom stereocenters. The highest BCUT2D eigenvalue weighted by Crippen LogP contribution is 2.27. The Morgan fingerprint density at radius 2 is 1.55 bits per heavy atom. The number of nitrogens with zero attached hydrogens (tertiary/aromatic N) is 6. The van der Waals surface area contributed by atoms with Crippen molar-refractivity contribution < 1.29 is 4.74 Å². The van der Waals surface area contributed by atoms with Crippen molar-refractivity contribution in [2.24, 2.45) is 5.10 Å². The molecular formula is C19H23I2N7O. The zero-order valence-corrected chi connectivity index (χ0v) is 20.6. The number of hydrogen-bond acceptors (Lipinski definition) is 8. The lowest BCUT2D eigenvalue weighted by Crippen LogP contribution is -2.25. The number of anilines is 3. The lowest BCUT2D eigenvalue weighted by Gasteiger charge is -2.20. The summed E-state index contributed by atoms with van der Waals surface area (Å²) in [5, 5.41) is 4.39. The summed E-state index contributed by atoms with van der Waals surface area (Å²) in [5.74, 6) is 2.75. The lowest BCUT2D eigenvalue weighted by atomic mass is 10.2. The molecule has 3 heterocycles. The molecular weight excluding hydrogens is 596 g/mol. The van der Waals surface area contributed by atoms with Crippen LogP contribution in [0.4, 0.5) is 17.8 Å². The van der Waals surface area contributed by atoms with Crippen LogP contribution in [0.15, 0.2) is 17.2 Å². The molecule has 0 amide bonds. The Labute approximate surface area is 197 Å². The highest BCUT2D eigenvalue weighted by atomic mass is 127. The Kier molecular flexibility index (Phi) is 6.88. The number of methoxy groups -OCH3 is 1. The standard InChI is InChI=1S/C19H23I2N7O/c1-29-16-13(10-14(20)11-15(16)21)12-22-26-17-23-18(27-6-2-3-7-27)25-19(24-17)28-8-4-5-9-28/h10-12H,2-9H2,1H3,(H,23,24,25,26)/b22-12+. The van der Waals surface area contributed by atoms with Crippen LogP contribution in [-0.4, -0.2) is 54.5 Å². The molecule has 29 heavy (non-hydrogen) atoms. The number of ether oxygens (including phenoxy) is 1. The van der Waals surface area contributed by atoms with Gasteiger partial charge in [0.15, 0.2) is 0 Å². The Bertz CT molecular complexity index is 862. The van der Waals surface area contributed by atoms with Crippen LogP contribution in [-0.2, 0) is 0 Å². The molecule has 4 rings (SSSR count). The molecule has 2 aliphatic rings. The van der Waals surface area contributed by atoms with Gasteiger partial charge in [-0.1, -0.05) is 0 Å². The molecule has 1 aromatic carbocycles. The smallest absolute Gasteiger partial charge is 0.250 e. The van der Waals surface area contributed by atoms with E-state index in [-0.39, 0.29) is 0 Å². The van der Waals surface area contributed by atoms with Gasteiger partial charge in [0.25, 0.3) is 0 Å². The number of aromatic nitrogens is 3.